The van der Waals surface area contributed by atoms with E-state index in [1.54, 1.807) is 13.8 Å². The van der Waals surface area contributed by atoms with Crippen LogP contribution in [0.15, 0.2) is 18.2 Å². The molecule has 102 valence electrons. The van der Waals surface area contributed by atoms with Gasteiger partial charge in [-0.1, -0.05) is 13.8 Å². The van der Waals surface area contributed by atoms with E-state index in [9.17, 15) is 20.3 Å². The van der Waals surface area contributed by atoms with Crippen LogP contribution in [0.1, 0.15) is 25.5 Å². The minimum Gasteiger partial charge on any atom is -0.508 e. The number of nitrogens with zero attached hydrogens (tertiary/aromatic N) is 1. The Morgan fingerprint density at radius 1 is 1.50 bits per heavy atom. The molecule has 0 heterocycles. The molecule has 1 aromatic carbocycles. The van der Waals surface area contributed by atoms with E-state index in [0.717, 1.165) is 0 Å². The predicted octanol–water partition coefficient (Wildman–Crippen LogP) is 1.74. The third kappa shape index (κ3) is 3.32. The van der Waals surface area contributed by atoms with Gasteiger partial charge in [-0.2, -0.15) is 0 Å². The Morgan fingerprint density at radius 3 is 2.50 bits per heavy atom. The molecule has 0 fully saturated rings. The van der Waals surface area contributed by atoms with E-state index in [1.165, 1.54) is 18.2 Å². The standard InChI is InChI=1S/C11H16N2O4.ClH/c1-11(2,6-14)10(12)8-5-7(13(16)17)3-4-9(8)15;/h3-5,10,14-15H,6,12H2,1-2H3;1H/t10-;/m0./s1. The highest BCUT2D eigenvalue weighted by Gasteiger charge is 2.30. The number of halogens is 1. The van der Waals surface area contributed by atoms with Crippen LogP contribution in [-0.4, -0.2) is 21.7 Å². The summed E-state index contributed by atoms with van der Waals surface area (Å²) in [4.78, 5) is 10.1. The summed E-state index contributed by atoms with van der Waals surface area (Å²) in [6.45, 7) is 3.25. The zero-order valence-electron chi connectivity index (χ0n) is 10.2. The number of hydrogen-bond donors (Lipinski definition) is 3. The molecule has 6 nitrogen and oxygen atoms in total. The molecule has 0 aliphatic carbocycles. The topological polar surface area (TPSA) is 110 Å². The molecule has 0 radical (unpaired) electrons. The number of nitro benzene ring substituents is 1. The lowest BCUT2D eigenvalue weighted by molar-refractivity contribution is -0.385. The summed E-state index contributed by atoms with van der Waals surface area (Å²) in [6.07, 6.45) is 0. The van der Waals surface area contributed by atoms with Crippen molar-refractivity contribution < 1.29 is 15.1 Å². The van der Waals surface area contributed by atoms with Crippen LogP contribution in [0.4, 0.5) is 5.69 Å². The summed E-state index contributed by atoms with van der Waals surface area (Å²) in [5.41, 5.74) is 5.36. The number of non-ortho nitro benzene ring substituents is 1. The molecule has 0 unspecified atom stereocenters. The summed E-state index contributed by atoms with van der Waals surface area (Å²) >= 11 is 0. The van der Waals surface area contributed by atoms with E-state index < -0.39 is 16.4 Å². The van der Waals surface area contributed by atoms with E-state index in [0.29, 0.717) is 0 Å². The maximum absolute atomic E-state index is 10.6. The minimum absolute atomic E-state index is 0. The third-order valence-corrected chi connectivity index (χ3v) is 2.81. The van der Waals surface area contributed by atoms with Crippen molar-refractivity contribution in [2.24, 2.45) is 11.1 Å². The van der Waals surface area contributed by atoms with Crippen LogP contribution < -0.4 is 5.73 Å². The molecule has 18 heavy (non-hydrogen) atoms. The number of phenolic OH excluding ortho intramolecular Hbond substituents is 1. The maximum Gasteiger partial charge on any atom is 0.270 e. The first kappa shape index (κ1) is 16.6. The fourth-order valence-corrected chi connectivity index (χ4v) is 1.42. The number of benzene rings is 1. The van der Waals surface area contributed by atoms with Gasteiger partial charge in [0.2, 0.25) is 0 Å². The Labute approximate surface area is 111 Å². The molecule has 0 aliphatic rings. The van der Waals surface area contributed by atoms with E-state index in [-0.39, 0.29) is 36.0 Å². The molecule has 0 bridgehead atoms. The summed E-state index contributed by atoms with van der Waals surface area (Å²) in [7, 11) is 0. The Morgan fingerprint density at radius 2 is 2.06 bits per heavy atom. The zero-order chi connectivity index (χ0) is 13.2. The Balaban J connectivity index is 0.00000289. The second-order valence-corrected chi connectivity index (χ2v) is 4.62. The van der Waals surface area contributed by atoms with Gasteiger partial charge in [-0.3, -0.25) is 10.1 Å². The molecule has 7 heteroatoms. The molecule has 0 amide bonds. The third-order valence-electron chi connectivity index (χ3n) is 2.81. The summed E-state index contributed by atoms with van der Waals surface area (Å²) in [6, 6.07) is 2.99. The normalized spacial score (nSPS) is 12.7. The van der Waals surface area contributed by atoms with Gasteiger partial charge in [0.25, 0.3) is 5.69 Å². The van der Waals surface area contributed by atoms with Gasteiger partial charge in [0, 0.05) is 35.8 Å². The van der Waals surface area contributed by atoms with Crippen molar-refractivity contribution in [3.8, 4) is 5.75 Å². The number of aliphatic hydroxyl groups excluding tert-OH is 1. The quantitative estimate of drug-likeness (QED) is 0.573. The maximum atomic E-state index is 10.6. The molecule has 1 atom stereocenters. The van der Waals surface area contributed by atoms with Crippen LogP contribution >= 0.6 is 12.4 Å². The summed E-state index contributed by atoms with van der Waals surface area (Å²) in [5, 5.41) is 29.5. The minimum atomic E-state index is -0.688. The molecular weight excluding hydrogens is 260 g/mol. The van der Waals surface area contributed by atoms with E-state index in [1.807, 2.05) is 0 Å². The van der Waals surface area contributed by atoms with Crippen LogP contribution in [0.5, 0.6) is 5.75 Å². The Hall–Kier alpha value is -1.37. The molecule has 1 rings (SSSR count). The average molecular weight is 277 g/mol. The number of phenols is 1. The monoisotopic (exact) mass is 276 g/mol. The van der Waals surface area contributed by atoms with Gasteiger partial charge >= 0.3 is 0 Å². The van der Waals surface area contributed by atoms with Crippen molar-refractivity contribution in [1.82, 2.24) is 0 Å². The highest BCUT2D eigenvalue weighted by atomic mass is 35.5. The van der Waals surface area contributed by atoms with Crippen LogP contribution in [0, 0.1) is 15.5 Å². The second-order valence-electron chi connectivity index (χ2n) is 4.62. The number of hydrogen-bond acceptors (Lipinski definition) is 5. The van der Waals surface area contributed by atoms with Crippen molar-refractivity contribution in [3.05, 3.63) is 33.9 Å². The van der Waals surface area contributed by atoms with E-state index in [2.05, 4.69) is 0 Å². The SMILES string of the molecule is CC(C)(CO)[C@@H](N)c1cc([N+](=O)[O-])ccc1O.Cl. The average Bonchev–Trinajstić information content (AvgIpc) is 2.28. The van der Waals surface area contributed by atoms with Crippen molar-refractivity contribution in [2.75, 3.05) is 6.61 Å². The van der Waals surface area contributed by atoms with Gasteiger partial charge in [-0.05, 0) is 6.07 Å². The summed E-state index contributed by atoms with van der Waals surface area (Å²) < 4.78 is 0. The van der Waals surface area contributed by atoms with Crippen molar-refractivity contribution in [2.45, 2.75) is 19.9 Å². The largest absolute Gasteiger partial charge is 0.508 e. The first-order valence-corrected chi connectivity index (χ1v) is 5.13. The predicted molar refractivity (Wildman–Crippen MR) is 69.8 cm³/mol. The Bertz CT molecular complexity index is 437. The lowest BCUT2D eigenvalue weighted by Crippen LogP contribution is -2.32. The van der Waals surface area contributed by atoms with Crippen molar-refractivity contribution in [1.29, 1.82) is 0 Å². The zero-order valence-corrected chi connectivity index (χ0v) is 11.0. The van der Waals surface area contributed by atoms with E-state index in [4.69, 9.17) is 5.73 Å². The van der Waals surface area contributed by atoms with Crippen LogP contribution in [0.3, 0.4) is 0 Å². The molecular formula is C11H17ClN2O4. The number of aliphatic hydroxyl groups is 1. The molecule has 4 N–H and O–H groups in total. The number of nitro groups is 1. The van der Waals surface area contributed by atoms with Gasteiger partial charge in [0.15, 0.2) is 0 Å². The van der Waals surface area contributed by atoms with Crippen LogP contribution in [-0.2, 0) is 0 Å². The number of aromatic hydroxyl groups is 1. The van der Waals surface area contributed by atoms with Gasteiger partial charge in [-0.25, -0.2) is 0 Å². The smallest absolute Gasteiger partial charge is 0.270 e. The van der Waals surface area contributed by atoms with Crippen LogP contribution in [0.25, 0.3) is 0 Å². The lowest BCUT2D eigenvalue weighted by atomic mass is 9.81. The molecule has 0 aliphatic heterocycles. The van der Waals surface area contributed by atoms with Gasteiger partial charge < -0.3 is 15.9 Å². The second kappa shape index (κ2) is 5.99. The fraction of sp³-hybridized carbons (Fsp3) is 0.455. The molecule has 0 aromatic heterocycles. The Kier molecular flexibility index (Phi) is 5.54. The molecule has 0 saturated carbocycles. The van der Waals surface area contributed by atoms with Gasteiger partial charge in [0.05, 0.1) is 4.92 Å². The molecule has 1 aromatic rings. The van der Waals surface area contributed by atoms with E-state index >= 15 is 0 Å². The summed E-state index contributed by atoms with van der Waals surface area (Å²) in [5.74, 6) is -0.107. The highest BCUT2D eigenvalue weighted by Crippen LogP contribution is 2.36. The fourth-order valence-electron chi connectivity index (χ4n) is 1.42. The van der Waals surface area contributed by atoms with Crippen molar-refractivity contribution >= 4 is 18.1 Å². The van der Waals surface area contributed by atoms with Gasteiger partial charge in [-0.15, -0.1) is 12.4 Å². The number of nitrogens with two attached hydrogens (primary N) is 1. The van der Waals surface area contributed by atoms with Crippen LogP contribution in [0.2, 0.25) is 0 Å². The number of rotatable bonds is 4. The van der Waals surface area contributed by atoms with Gasteiger partial charge in [0.1, 0.15) is 5.75 Å². The molecule has 0 saturated heterocycles. The first-order chi connectivity index (χ1) is 7.79. The molecule has 0 spiro atoms. The first-order valence-electron chi connectivity index (χ1n) is 5.13. The lowest BCUT2D eigenvalue weighted by Gasteiger charge is -2.29. The van der Waals surface area contributed by atoms with Crippen molar-refractivity contribution in [3.63, 3.8) is 0 Å². The highest BCUT2D eigenvalue weighted by molar-refractivity contribution is 5.85.